The van der Waals surface area contributed by atoms with E-state index in [0.29, 0.717) is 0 Å². The smallest absolute Gasteiger partial charge is 0.344 e. The molecule has 6 nitrogen and oxygen atoms in total. The van der Waals surface area contributed by atoms with Gasteiger partial charge in [-0.3, -0.25) is 4.79 Å². The molecule has 2 fully saturated rings. The van der Waals surface area contributed by atoms with Crippen LogP contribution in [0, 0.1) is 5.41 Å². The highest BCUT2D eigenvalue weighted by molar-refractivity contribution is 7.10. The van der Waals surface area contributed by atoms with Gasteiger partial charge in [0, 0.05) is 17.3 Å². The van der Waals surface area contributed by atoms with Gasteiger partial charge in [0.15, 0.2) is 0 Å². The lowest BCUT2D eigenvalue weighted by atomic mass is 9.74. The molecule has 0 aliphatic carbocycles. The lowest BCUT2D eigenvalue weighted by Gasteiger charge is -2.43. The number of ether oxygens (including phenoxy) is 1. The van der Waals surface area contributed by atoms with Crippen LogP contribution in [-0.2, 0) is 14.9 Å². The molecule has 126 valence electrons. The summed E-state index contributed by atoms with van der Waals surface area (Å²) in [7, 11) is 0. The van der Waals surface area contributed by atoms with Crippen molar-refractivity contribution in [3.05, 3.63) is 16.1 Å². The van der Waals surface area contributed by atoms with E-state index in [-0.39, 0.29) is 30.9 Å². The molecule has 8 heteroatoms. The van der Waals surface area contributed by atoms with E-state index in [0.717, 1.165) is 5.01 Å². The number of halogens is 1. The monoisotopic (exact) mass is 342 g/mol. The number of thiazole rings is 1. The third-order valence-corrected chi connectivity index (χ3v) is 5.76. The van der Waals surface area contributed by atoms with Gasteiger partial charge >= 0.3 is 5.97 Å². The van der Waals surface area contributed by atoms with E-state index in [1.165, 1.54) is 16.2 Å². The van der Waals surface area contributed by atoms with Gasteiger partial charge in [-0.05, 0) is 0 Å². The molecule has 1 aromatic heterocycles. The standard InChI is InChI=1S/C15H19FN2O4S/c1-13(2,3)11-17-9(4-23-11)10(19)18-5-14(7-22-8-14)15(16,6-18)12(20)21/h4H,5-8H2,1-3H3,(H,20,21). The van der Waals surface area contributed by atoms with E-state index in [9.17, 15) is 19.1 Å². The first-order valence-corrected chi connectivity index (χ1v) is 8.22. The van der Waals surface area contributed by atoms with Crippen LogP contribution < -0.4 is 0 Å². The molecule has 0 radical (unpaired) electrons. The SMILES string of the molecule is CC(C)(C)c1nc(C(=O)N2CC3(COC3)C(F)(C(=O)O)C2)cs1. The number of rotatable bonds is 2. The number of hydrogen-bond acceptors (Lipinski definition) is 5. The van der Waals surface area contributed by atoms with Gasteiger partial charge in [0.05, 0.1) is 30.2 Å². The number of aromatic nitrogens is 1. The molecule has 2 saturated heterocycles. The molecule has 1 unspecified atom stereocenters. The predicted molar refractivity (Wildman–Crippen MR) is 81.4 cm³/mol. The lowest BCUT2D eigenvalue weighted by Crippen LogP contribution is -2.60. The lowest BCUT2D eigenvalue weighted by molar-refractivity contribution is -0.192. The van der Waals surface area contributed by atoms with Crippen molar-refractivity contribution in [1.29, 1.82) is 0 Å². The zero-order chi connectivity index (χ0) is 17.0. The second-order valence-corrected chi connectivity index (χ2v) is 8.19. The summed E-state index contributed by atoms with van der Waals surface area (Å²) in [6.45, 7) is 5.59. The first-order valence-electron chi connectivity index (χ1n) is 7.34. The van der Waals surface area contributed by atoms with Crippen LogP contribution in [0.3, 0.4) is 0 Å². The van der Waals surface area contributed by atoms with Crippen LogP contribution in [0.4, 0.5) is 4.39 Å². The van der Waals surface area contributed by atoms with Gasteiger partial charge in [-0.2, -0.15) is 0 Å². The second-order valence-electron chi connectivity index (χ2n) is 7.33. The average molecular weight is 342 g/mol. The molecule has 3 heterocycles. The first-order chi connectivity index (χ1) is 10.6. The number of carbonyl (C=O) groups excluding carboxylic acids is 1. The molecule has 1 N–H and O–H groups in total. The van der Waals surface area contributed by atoms with Crippen molar-refractivity contribution in [3.8, 4) is 0 Å². The minimum atomic E-state index is -2.47. The largest absolute Gasteiger partial charge is 0.479 e. The molecule has 1 amide bonds. The van der Waals surface area contributed by atoms with E-state index in [2.05, 4.69) is 4.98 Å². The quantitative estimate of drug-likeness (QED) is 0.885. The van der Waals surface area contributed by atoms with Crippen LogP contribution in [0.15, 0.2) is 5.38 Å². The molecule has 2 aliphatic heterocycles. The minimum Gasteiger partial charge on any atom is -0.479 e. The van der Waals surface area contributed by atoms with E-state index < -0.39 is 29.5 Å². The Bertz CT molecular complexity index is 665. The zero-order valence-electron chi connectivity index (χ0n) is 13.3. The highest BCUT2D eigenvalue weighted by atomic mass is 32.1. The molecule has 0 saturated carbocycles. The number of carbonyl (C=O) groups is 2. The Morgan fingerprint density at radius 2 is 2.04 bits per heavy atom. The number of alkyl halides is 1. The summed E-state index contributed by atoms with van der Waals surface area (Å²) in [6.07, 6.45) is 0. The van der Waals surface area contributed by atoms with Crippen LogP contribution in [0.25, 0.3) is 0 Å². The molecule has 2 aliphatic rings. The summed E-state index contributed by atoms with van der Waals surface area (Å²) < 4.78 is 20.0. The van der Waals surface area contributed by atoms with E-state index >= 15 is 0 Å². The third-order valence-electron chi connectivity index (χ3n) is 4.49. The van der Waals surface area contributed by atoms with Gasteiger partial charge in [0.2, 0.25) is 5.67 Å². The third kappa shape index (κ3) is 2.35. The summed E-state index contributed by atoms with van der Waals surface area (Å²) in [5.41, 5.74) is -3.55. The van der Waals surface area contributed by atoms with Crippen LogP contribution in [-0.4, -0.2) is 58.8 Å². The minimum absolute atomic E-state index is 0.0177. The van der Waals surface area contributed by atoms with E-state index in [4.69, 9.17) is 4.74 Å². The molecular formula is C15H19FN2O4S. The molecule has 1 aromatic rings. The first kappa shape index (κ1) is 16.3. The van der Waals surface area contributed by atoms with Crippen molar-refractivity contribution in [2.45, 2.75) is 31.9 Å². The molecule has 23 heavy (non-hydrogen) atoms. The number of aliphatic carboxylic acids is 1. The Morgan fingerprint density at radius 3 is 2.43 bits per heavy atom. The van der Waals surface area contributed by atoms with Crippen molar-refractivity contribution >= 4 is 23.2 Å². The molecule has 1 atom stereocenters. The van der Waals surface area contributed by atoms with Gasteiger partial charge < -0.3 is 14.7 Å². The molecule has 0 aromatic carbocycles. The number of carboxylic acids is 1. The molecule has 0 bridgehead atoms. The van der Waals surface area contributed by atoms with Crippen LogP contribution in [0.1, 0.15) is 36.3 Å². The maximum absolute atomic E-state index is 15.0. The summed E-state index contributed by atoms with van der Waals surface area (Å²) in [5, 5.41) is 11.7. The van der Waals surface area contributed by atoms with Crippen LogP contribution >= 0.6 is 11.3 Å². The molecular weight excluding hydrogens is 323 g/mol. The maximum atomic E-state index is 15.0. The average Bonchev–Trinajstić information content (AvgIpc) is 2.99. The number of carboxylic acid groups (broad SMARTS) is 1. The van der Waals surface area contributed by atoms with Gasteiger partial charge in [-0.1, -0.05) is 20.8 Å². The van der Waals surface area contributed by atoms with Crippen molar-refractivity contribution in [1.82, 2.24) is 9.88 Å². The van der Waals surface area contributed by atoms with Crippen molar-refractivity contribution in [3.63, 3.8) is 0 Å². The Kier molecular flexibility index (Phi) is 3.53. The zero-order valence-corrected chi connectivity index (χ0v) is 14.1. The molecule has 3 rings (SSSR count). The summed E-state index contributed by atoms with van der Waals surface area (Å²) in [5.74, 6) is -1.96. The highest BCUT2D eigenvalue weighted by Crippen LogP contribution is 2.48. The Labute approximate surface area is 137 Å². The van der Waals surface area contributed by atoms with Gasteiger partial charge in [0.25, 0.3) is 5.91 Å². The predicted octanol–water partition coefficient (Wildman–Crippen LogP) is 1.71. The fourth-order valence-corrected chi connectivity index (χ4v) is 3.84. The van der Waals surface area contributed by atoms with Crippen molar-refractivity contribution in [2.75, 3.05) is 26.3 Å². The van der Waals surface area contributed by atoms with E-state index in [1.54, 1.807) is 5.38 Å². The maximum Gasteiger partial charge on any atom is 0.344 e. The van der Waals surface area contributed by atoms with Gasteiger partial charge in [-0.25, -0.2) is 14.2 Å². The van der Waals surface area contributed by atoms with Crippen molar-refractivity contribution < 1.29 is 23.8 Å². The summed E-state index contributed by atoms with van der Waals surface area (Å²) in [6, 6.07) is 0. The topological polar surface area (TPSA) is 79.7 Å². The number of hydrogen-bond donors (Lipinski definition) is 1. The fraction of sp³-hybridized carbons (Fsp3) is 0.667. The number of likely N-dealkylation sites (tertiary alicyclic amines) is 1. The Hall–Kier alpha value is -1.54. The number of amides is 1. The fourth-order valence-electron chi connectivity index (χ4n) is 2.96. The van der Waals surface area contributed by atoms with Gasteiger partial charge in [0.1, 0.15) is 5.69 Å². The molecule has 1 spiro atoms. The Balaban J connectivity index is 1.84. The van der Waals surface area contributed by atoms with Crippen LogP contribution in [0.2, 0.25) is 0 Å². The van der Waals surface area contributed by atoms with Gasteiger partial charge in [-0.15, -0.1) is 11.3 Å². The second kappa shape index (κ2) is 4.98. The number of nitrogens with zero attached hydrogens (tertiary/aromatic N) is 2. The normalized spacial score (nSPS) is 26.3. The van der Waals surface area contributed by atoms with E-state index in [1.807, 2.05) is 20.8 Å². The Morgan fingerprint density at radius 1 is 1.39 bits per heavy atom. The summed E-state index contributed by atoms with van der Waals surface area (Å²) >= 11 is 1.38. The van der Waals surface area contributed by atoms with Crippen molar-refractivity contribution in [2.24, 2.45) is 5.41 Å². The summed E-state index contributed by atoms with van der Waals surface area (Å²) in [4.78, 5) is 29.6. The highest BCUT2D eigenvalue weighted by Gasteiger charge is 2.68. The van der Waals surface area contributed by atoms with Crippen LogP contribution in [0.5, 0.6) is 0 Å².